The maximum Gasteiger partial charge on any atom is 0.361 e. The van der Waals surface area contributed by atoms with Crippen LogP contribution in [0.15, 0.2) is 18.2 Å². The number of benzene rings is 1. The number of aromatic carboxylic acids is 1. The first-order valence-electron chi connectivity index (χ1n) is 5.69. The van der Waals surface area contributed by atoms with Gasteiger partial charge >= 0.3 is 11.9 Å². The molecule has 0 saturated heterocycles. The molecule has 0 aliphatic carbocycles. The summed E-state index contributed by atoms with van der Waals surface area (Å²) < 4.78 is 4.82. The highest BCUT2D eigenvalue weighted by Crippen LogP contribution is 2.27. The lowest BCUT2D eigenvalue weighted by molar-refractivity contribution is 0.0519. The van der Waals surface area contributed by atoms with Gasteiger partial charge in [-0.1, -0.05) is 6.07 Å². The molecular formula is C12H11N3O5. The van der Waals surface area contributed by atoms with E-state index in [4.69, 9.17) is 9.84 Å². The molecule has 104 valence electrons. The average molecular weight is 277 g/mol. The summed E-state index contributed by atoms with van der Waals surface area (Å²) >= 11 is 0. The Hall–Kier alpha value is -2.90. The van der Waals surface area contributed by atoms with Crippen LogP contribution in [0.3, 0.4) is 0 Å². The lowest BCUT2D eigenvalue weighted by Crippen LogP contribution is -2.07. The molecule has 8 heteroatoms. The van der Waals surface area contributed by atoms with Crippen molar-refractivity contribution in [2.75, 3.05) is 6.61 Å². The van der Waals surface area contributed by atoms with Gasteiger partial charge < -0.3 is 14.9 Å². The number of aromatic hydroxyl groups is 1. The van der Waals surface area contributed by atoms with E-state index >= 15 is 0 Å². The number of carbonyl (C=O) groups is 2. The van der Waals surface area contributed by atoms with Crippen LogP contribution in [0.2, 0.25) is 0 Å². The number of hydrogen-bond acceptors (Lipinski definition) is 6. The first-order valence-corrected chi connectivity index (χ1v) is 5.69. The van der Waals surface area contributed by atoms with Gasteiger partial charge in [-0.25, -0.2) is 9.59 Å². The molecule has 1 aromatic carbocycles. The average Bonchev–Trinajstić information content (AvgIpc) is 2.87. The number of hydrogen-bond donors (Lipinski definition) is 3. The van der Waals surface area contributed by atoms with Gasteiger partial charge in [0, 0.05) is 5.56 Å². The number of esters is 1. The van der Waals surface area contributed by atoms with Crippen LogP contribution in [0.5, 0.6) is 5.75 Å². The molecule has 0 fully saturated rings. The van der Waals surface area contributed by atoms with E-state index in [9.17, 15) is 14.7 Å². The zero-order chi connectivity index (χ0) is 14.7. The van der Waals surface area contributed by atoms with E-state index in [1.54, 1.807) is 6.92 Å². The Morgan fingerprint density at radius 2 is 2.10 bits per heavy atom. The Balaban J connectivity index is 2.43. The van der Waals surface area contributed by atoms with Crippen LogP contribution in [0, 0.1) is 0 Å². The third-order valence-corrected chi connectivity index (χ3v) is 2.52. The quantitative estimate of drug-likeness (QED) is 0.713. The normalized spacial score (nSPS) is 10.2. The second-order valence-corrected chi connectivity index (χ2v) is 3.78. The van der Waals surface area contributed by atoms with Crippen LogP contribution in [0.25, 0.3) is 11.3 Å². The lowest BCUT2D eigenvalue weighted by atomic mass is 10.1. The number of carbonyl (C=O) groups excluding carboxylic acids is 1. The predicted octanol–water partition coefficient (Wildman–Crippen LogP) is 1.05. The summed E-state index contributed by atoms with van der Waals surface area (Å²) in [6, 6.07) is 3.84. The highest BCUT2D eigenvalue weighted by Gasteiger charge is 2.20. The lowest BCUT2D eigenvalue weighted by Gasteiger charge is -2.04. The van der Waals surface area contributed by atoms with Crippen LogP contribution in [0.4, 0.5) is 0 Å². The van der Waals surface area contributed by atoms with Gasteiger partial charge in [-0.2, -0.15) is 10.3 Å². The summed E-state index contributed by atoms with van der Waals surface area (Å²) in [5.41, 5.74) is 0.254. The molecule has 0 aliphatic rings. The zero-order valence-electron chi connectivity index (χ0n) is 10.5. The van der Waals surface area contributed by atoms with Gasteiger partial charge in [0.15, 0.2) is 5.69 Å². The van der Waals surface area contributed by atoms with E-state index in [0.29, 0.717) is 5.56 Å². The predicted molar refractivity (Wildman–Crippen MR) is 66.4 cm³/mol. The Kier molecular flexibility index (Phi) is 3.65. The van der Waals surface area contributed by atoms with Crippen molar-refractivity contribution in [1.29, 1.82) is 0 Å². The summed E-state index contributed by atoms with van der Waals surface area (Å²) in [7, 11) is 0. The standard InChI is InChI=1S/C12H11N3O5/c1-2-20-12(19)10-9(13-15-14-10)6-3-4-7(11(17)18)8(16)5-6/h3-5,16H,2H2,1H3,(H,17,18)(H,13,14,15). The minimum atomic E-state index is -1.25. The molecule has 0 saturated carbocycles. The summed E-state index contributed by atoms with van der Waals surface area (Å²) in [4.78, 5) is 22.5. The number of ether oxygens (including phenoxy) is 1. The Morgan fingerprint density at radius 1 is 1.35 bits per heavy atom. The number of nitrogens with one attached hydrogen (secondary N) is 1. The van der Waals surface area contributed by atoms with Crippen LogP contribution < -0.4 is 0 Å². The molecule has 0 spiro atoms. The number of H-pyrrole nitrogens is 1. The summed E-state index contributed by atoms with van der Waals surface area (Å²) in [6.07, 6.45) is 0. The van der Waals surface area contributed by atoms with Crippen LogP contribution in [-0.2, 0) is 4.74 Å². The summed E-state index contributed by atoms with van der Waals surface area (Å²) in [5.74, 6) is -2.33. The van der Waals surface area contributed by atoms with Crippen molar-refractivity contribution < 1.29 is 24.5 Å². The summed E-state index contributed by atoms with van der Waals surface area (Å²) in [5, 5.41) is 28.3. The molecular weight excluding hydrogens is 266 g/mol. The molecule has 20 heavy (non-hydrogen) atoms. The number of carboxylic acid groups (broad SMARTS) is 1. The molecule has 3 N–H and O–H groups in total. The largest absolute Gasteiger partial charge is 0.507 e. The van der Waals surface area contributed by atoms with Crippen molar-refractivity contribution in [3.63, 3.8) is 0 Å². The van der Waals surface area contributed by atoms with Crippen LogP contribution in [0.1, 0.15) is 27.8 Å². The van der Waals surface area contributed by atoms with E-state index in [1.165, 1.54) is 18.2 Å². The van der Waals surface area contributed by atoms with Crippen molar-refractivity contribution in [1.82, 2.24) is 15.4 Å². The number of carboxylic acids is 1. The van der Waals surface area contributed by atoms with Crippen molar-refractivity contribution in [2.45, 2.75) is 6.92 Å². The van der Waals surface area contributed by atoms with Crippen molar-refractivity contribution in [3.8, 4) is 17.0 Å². The van der Waals surface area contributed by atoms with E-state index < -0.39 is 17.7 Å². The Bertz CT molecular complexity index is 665. The molecule has 0 bridgehead atoms. The van der Waals surface area contributed by atoms with Gasteiger partial charge in [0.2, 0.25) is 0 Å². The number of nitrogens with zero attached hydrogens (tertiary/aromatic N) is 2. The second kappa shape index (κ2) is 5.39. The number of phenols is 1. The molecule has 0 radical (unpaired) electrons. The van der Waals surface area contributed by atoms with Gasteiger partial charge in [0.1, 0.15) is 17.0 Å². The monoisotopic (exact) mass is 277 g/mol. The topological polar surface area (TPSA) is 125 Å². The second-order valence-electron chi connectivity index (χ2n) is 3.78. The fourth-order valence-corrected chi connectivity index (χ4v) is 1.63. The Morgan fingerprint density at radius 3 is 2.70 bits per heavy atom. The third kappa shape index (κ3) is 2.44. The highest BCUT2D eigenvalue weighted by atomic mass is 16.5. The first-order chi connectivity index (χ1) is 9.54. The number of aromatic nitrogens is 3. The smallest absolute Gasteiger partial charge is 0.361 e. The molecule has 1 heterocycles. The van der Waals surface area contributed by atoms with Crippen molar-refractivity contribution in [2.24, 2.45) is 0 Å². The maximum absolute atomic E-state index is 11.7. The first kappa shape index (κ1) is 13.5. The van der Waals surface area contributed by atoms with Gasteiger partial charge in [0.25, 0.3) is 0 Å². The summed E-state index contributed by atoms with van der Waals surface area (Å²) in [6.45, 7) is 1.85. The molecule has 2 rings (SSSR count). The molecule has 0 amide bonds. The highest BCUT2D eigenvalue weighted by molar-refractivity contribution is 5.95. The van der Waals surface area contributed by atoms with Gasteiger partial charge in [-0.05, 0) is 19.1 Å². The van der Waals surface area contributed by atoms with E-state index in [1.807, 2.05) is 0 Å². The van der Waals surface area contributed by atoms with Gasteiger partial charge in [-0.3, -0.25) is 0 Å². The number of rotatable bonds is 4. The number of aromatic amines is 1. The fraction of sp³-hybridized carbons (Fsp3) is 0.167. The third-order valence-electron chi connectivity index (χ3n) is 2.52. The molecule has 0 atom stereocenters. The minimum absolute atomic E-state index is 0.0330. The molecule has 8 nitrogen and oxygen atoms in total. The Labute approximate surface area is 113 Å². The minimum Gasteiger partial charge on any atom is -0.507 e. The van der Waals surface area contributed by atoms with Gasteiger partial charge in [0.05, 0.1) is 6.61 Å². The molecule has 0 unspecified atom stereocenters. The van der Waals surface area contributed by atoms with E-state index in [-0.39, 0.29) is 23.6 Å². The van der Waals surface area contributed by atoms with Crippen LogP contribution in [-0.4, -0.2) is 44.2 Å². The van der Waals surface area contributed by atoms with Gasteiger partial charge in [-0.15, -0.1) is 5.10 Å². The molecule has 0 aliphatic heterocycles. The van der Waals surface area contributed by atoms with E-state index in [0.717, 1.165) is 0 Å². The fourth-order valence-electron chi connectivity index (χ4n) is 1.63. The maximum atomic E-state index is 11.7. The van der Waals surface area contributed by atoms with Crippen LogP contribution >= 0.6 is 0 Å². The SMILES string of the molecule is CCOC(=O)c1n[nH]nc1-c1ccc(C(=O)O)c(O)c1. The van der Waals surface area contributed by atoms with Crippen molar-refractivity contribution >= 4 is 11.9 Å². The van der Waals surface area contributed by atoms with E-state index in [2.05, 4.69) is 15.4 Å². The molecule has 1 aromatic heterocycles. The zero-order valence-corrected chi connectivity index (χ0v) is 10.5. The van der Waals surface area contributed by atoms with Crippen molar-refractivity contribution in [3.05, 3.63) is 29.5 Å². The molecule has 2 aromatic rings.